The molecule has 1 aromatic carbocycles. The van der Waals surface area contributed by atoms with Crippen molar-refractivity contribution in [1.29, 1.82) is 0 Å². The van der Waals surface area contributed by atoms with Gasteiger partial charge in [0.15, 0.2) is 17.8 Å². The first-order chi connectivity index (χ1) is 7.86. The van der Waals surface area contributed by atoms with Gasteiger partial charge in [-0.05, 0) is 6.07 Å². The van der Waals surface area contributed by atoms with E-state index in [4.69, 9.17) is 15.4 Å². The summed E-state index contributed by atoms with van der Waals surface area (Å²) >= 11 is 0. The normalized spacial score (nSPS) is 13.6. The van der Waals surface area contributed by atoms with Crippen LogP contribution in [0.4, 0.5) is 0 Å². The van der Waals surface area contributed by atoms with E-state index >= 15 is 0 Å². The van der Waals surface area contributed by atoms with E-state index in [1.807, 2.05) is 6.07 Å². The summed E-state index contributed by atoms with van der Waals surface area (Å²) in [7, 11) is 0. The van der Waals surface area contributed by atoms with E-state index in [0.717, 1.165) is 11.8 Å². The molecule has 0 saturated carbocycles. The van der Waals surface area contributed by atoms with E-state index < -0.39 is 0 Å². The molecule has 0 radical (unpaired) electrons. The Bertz CT molecular complexity index is 392. The number of benzene rings is 1. The molecule has 2 N–H and O–H groups in total. The van der Waals surface area contributed by atoms with Crippen LogP contribution in [0.25, 0.3) is 0 Å². The minimum atomic E-state index is 0.399. The minimum Gasteiger partial charge on any atom is -0.486 e. The molecule has 5 nitrogen and oxygen atoms in total. The van der Waals surface area contributed by atoms with E-state index in [2.05, 4.69) is 4.84 Å². The Morgan fingerprint density at radius 2 is 2.06 bits per heavy atom. The lowest BCUT2D eigenvalue weighted by Crippen LogP contribution is -2.18. The van der Waals surface area contributed by atoms with Crippen LogP contribution in [-0.2, 0) is 11.3 Å². The maximum absolute atomic E-state index is 10.8. The van der Waals surface area contributed by atoms with Gasteiger partial charge in [-0.1, -0.05) is 6.07 Å². The molecule has 0 spiro atoms. The molecule has 2 rings (SSSR count). The van der Waals surface area contributed by atoms with Gasteiger partial charge < -0.3 is 14.3 Å². The van der Waals surface area contributed by atoms with E-state index in [9.17, 15) is 4.79 Å². The third-order valence-corrected chi connectivity index (χ3v) is 2.42. The summed E-state index contributed by atoms with van der Waals surface area (Å²) in [5.41, 5.74) is 1.44. The second kappa shape index (κ2) is 4.96. The SMILES string of the molecule is NOCCc1ccc(C=O)c2c1OCCO2. The summed E-state index contributed by atoms with van der Waals surface area (Å²) in [5, 5.41) is 0. The average Bonchev–Trinajstić information content (AvgIpc) is 2.36. The number of fused-ring (bicyclic) bond motifs is 1. The minimum absolute atomic E-state index is 0.399. The van der Waals surface area contributed by atoms with Gasteiger partial charge >= 0.3 is 0 Å². The molecule has 16 heavy (non-hydrogen) atoms. The fourth-order valence-corrected chi connectivity index (χ4v) is 1.67. The average molecular weight is 223 g/mol. The lowest BCUT2D eigenvalue weighted by molar-refractivity contribution is 0.111. The number of hydrogen-bond donors (Lipinski definition) is 1. The Balaban J connectivity index is 2.36. The maximum atomic E-state index is 10.8. The van der Waals surface area contributed by atoms with Crippen molar-refractivity contribution < 1.29 is 19.1 Å². The van der Waals surface area contributed by atoms with Gasteiger partial charge in [0.1, 0.15) is 13.2 Å². The van der Waals surface area contributed by atoms with Crippen molar-refractivity contribution in [3.05, 3.63) is 23.3 Å². The van der Waals surface area contributed by atoms with E-state index in [1.165, 1.54) is 0 Å². The van der Waals surface area contributed by atoms with Crippen molar-refractivity contribution >= 4 is 6.29 Å². The van der Waals surface area contributed by atoms with Crippen LogP contribution in [0.3, 0.4) is 0 Å². The van der Waals surface area contributed by atoms with Crippen molar-refractivity contribution in [3.63, 3.8) is 0 Å². The van der Waals surface area contributed by atoms with Gasteiger partial charge in [0.25, 0.3) is 0 Å². The predicted molar refractivity (Wildman–Crippen MR) is 56.7 cm³/mol. The molecule has 0 atom stereocenters. The van der Waals surface area contributed by atoms with Crippen LogP contribution >= 0.6 is 0 Å². The molecule has 0 saturated heterocycles. The Morgan fingerprint density at radius 1 is 1.31 bits per heavy atom. The molecule has 0 fully saturated rings. The van der Waals surface area contributed by atoms with E-state index in [0.29, 0.717) is 43.3 Å². The monoisotopic (exact) mass is 223 g/mol. The molecule has 0 amide bonds. The lowest BCUT2D eigenvalue weighted by Gasteiger charge is -2.22. The van der Waals surface area contributed by atoms with Gasteiger partial charge in [-0.25, -0.2) is 5.90 Å². The van der Waals surface area contributed by atoms with Crippen molar-refractivity contribution in [2.24, 2.45) is 5.90 Å². The lowest BCUT2D eigenvalue weighted by atomic mass is 10.1. The third kappa shape index (κ3) is 2.00. The largest absolute Gasteiger partial charge is 0.486 e. The number of rotatable bonds is 4. The Labute approximate surface area is 93.0 Å². The summed E-state index contributed by atoms with van der Waals surface area (Å²) in [6.07, 6.45) is 1.39. The zero-order chi connectivity index (χ0) is 11.4. The van der Waals surface area contributed by atoms with Crippen LogP contribution in [0.2, 0.25) is 0 Å². The van der Waals surface area contributed by atoms with Crippen molar-refractivity contribution in [2.75, 3.05) is 19.8 Å². The van der Waals surface area contributed by atoms with Gasteiger partial charge in [0, 0.05) is 12.0 Å². The first-order valence-corrected chi connectivity index (χ1v) is 5.05. The van der Waals surface area contributed by atoms with E-state index in [-0.39, 0.29) is 0 Å². The van der Waals surface area contributed by atoms with Gasteiger partial charge in [-0.3, -0.25) is 4.79 Å². The quantitative estimate of drug-likeness (QED) is 0.601. The highest BCUT2D eigenvalue weighted by Crippen LogP contribution is 2.36. The highest BCUT2D eigenvalue weighted by Gasteiger charge is 2.19. The molecule has 1 heterocycles. The van der Waals surface area contributed by atoms with Gasteiger partial charge in [0.05, 0.1) is 12.2 Å². The van der Waals surface area contributed by atoms with Crippen LogP contribution in [0.15, 0.2) is 12.1 Å². The smallest absolute Gasteiger partial charge is 0.172 e. The Kier molecular flexibility index (Phi) is 3.38. The molecular weight excluding hydrogens is 210 g/mol. The number of ether oxygens (including phenoxy) is 2. The predicted octanol–water partition coefficient (Wildman–Crippen LogP) is 0.703. The number of aldehydes is 1. The molecule has 5 heteroatoms. The van der Waals surface area contributed by atoms with Gasteiger partial charge in [0.2, 0.25) is 0 Å². The summed E-state index contributed by atoms with van der Waals surface area (Å²) in [4.78, 5) is 15.4. The van der Waals surface area contributed by atoms with Crippen molar-refractivity contribution in [1.82, 2.24) is 0 Å². The van der Waals surface area contributed by atoms with Crippen LogP contribution in [0, 0.1) is 0 Å². The zero-order valence-electron chi connectivity index (χ0n) is 8.77. The molecule has 0 aromatic heterocycles. The molecule has 0 aliphatic carbocycles. The molecule has 86 valence electrons. The number of carbonyl (C=O) groups is 1. The maximum Gasteiger partial charge on any atom is 0.172 e. The van der Waals surface area contributed by atoms with Crippen LogP contribution < -0.4 is 15.4 Å². The molecule has 1 aromatic rings. The summed E-state index contributed by atoms with van der Waals surface area (Å²) in [5.74, 6) is 6.14. The molecule has 1 aliphatic rings. The van der Waals surface area contributed by atoms with Gasteiger partial charge in [-0.15, -0.1) is 0 Å². The Hall–Kier alpha value is -1.59. The molecule has 1 aliphatic heterocycles. The highest BCUT2D eigenvalue weighted by molar-refractivity contribution is 5.82. The van der Waals surface area contributed by atoms with Crippen LogP contribution in [0.1, 0.15) is 15.9 Å². The number of hydrogen-bond acceptors (Lipinski definition) is 5. The van der Waals surface area contributed by atoms with Gasteiger partial charge in [-0.2, -0.15) is 0 Å². The fraction of sp³-hybridized carbons (Fsp3) is 0.364. The number of carbonyl (C=O) groups excluding carboxylic acids is 1. The topological polar surface area (TPSA) is 70.8 Å². The molecule has 0 unspecified atom stereocenters. The second-order valence-electron chi connectivity index (χ2n) is 3.41. The van der Waals surface area contributed by atoms with Crippen molar-refractivity contribution in [3.8, 4) is 11.5 Å². The second-order valence-corrected chi connectivity index (χ2v) is 3.41. The van der Waals surface area contributed by atoms with Crippen LogP contribution in [0.5, 0.6) is 11.5 Å². The third-order valence-electron chi connectivity index (χ3n) is 2.42. The highest BCUT2D eigenvalue weighted by atomic mass is 16.6. The standard InChI is InChI=1S/C11H13NO4/c12-16-4-3-8-1-2-9(7-13)11-10(8)14-5-6-15-11/h1-2,7H,3-6,12H2. The van der Waals surface area contributed by atoms with E-state index in [1.54, 1.807) is 6.07 Å². The first kappa shape index (κ1) is 10.9. The number of nitrogens with two attached hydrogens (primary N) is 1. The summed E-state index contributed by atoms with van der Waals surface area (Å²) < 4.78 is 11.0. The first-order valence-electron chi connectivity index (χ1n) is 5.05. The summed E-state index contributed by atoms with van der Waals surface area (Å²) in [6.45, 7) is 1.35. The Morgan fingerprint density at radius 3 is 2.75 bits per heavy atom. The molecular formula is C11H13NO4. The summed E-state index contributed by atoms with van der Waals surface area (Å²) in [6, 6.07) is 3.54. The molecule has 0 bridgehead atoms. The zero-order valence-corrected chi connectivity index (χ0v) is 8.77. The van der Waals surface area contributed by atoms with Crippen LogP contribution in [-0.4, -0.2) is 26.1 Å². The fourth-order valence-electron chi connectivity index (χ4n) is 1.67. The van der Waals surface area contributed by atoms with Crippen molar-refractivity contribution in [2.45, 2.75) is 6.42 Å².